The van der Waals surface area contributed by atoms with E-state index in [0.29, 0.717) is 11.3 Å². The molecular weight excluding hydrogens is 335 g/mol. The van der Waals surface area contributed by atoms with Crippen LogP contribution in [-0.4, -0.2) is 9.97 Å². The zero-order chi connectivity index (χ0) is 15.7. The third-order valence-corrected chi connectivity index (χ3v) is 4.12. The van der Waals surface area contributed by atoms with Crippen molar-refractivity contribution in [3.05, 3.63) is 52.1 Å². The maximum Gasteiger partial charge on any atom is 0.416 e. The van der Waals surface area contributed by atoms with Crippen molar-refractivity contribution in [3.63, 3.8) is 0 Å². The minimum absolute atomic E-state index is 0.00394. The van der Waals surface area contributed by atoms with E-state index in [1.807, 2.05) is 5.38 Å². The van der Waals surface area contributed by atoms with E-state index in [4.69, 9.17) is 11.6 Å². The van der Waals surface area contributed by atoms with Gasteiger partial charge < -0.3 is 5.32 Å². The van der Waals surface area contributed by atoms with Crippen LogP contribution < -0.4 is 5.32 Å². The molecule has 3 rings (SSSR count). The van der Waals surface area contributed by atoms with Crippen molar-refractivity contribution in [1.82, 2.24) is 9.97 Å². The number of thiophene rings is 1. The second kappa shape index (κ2) is 5.73. The molecule has 3 nitrogen and oxygen atoms in total. The molecule has 2 heterocycles. The van der Waals surface area contributed by atoms with Crippen LogP contribution >= 0.6 is 22.9 Å². The monoisotopic (exact) mass is 343 g/mol. The Morgan fingerprint density at radius 1 is 1.14 bits per heavy atom. The third-order valence-electron chi connectivity index (χ3n) is 3.05. The van der Waals surface area contributed by atoms with E-state index >= 15 is 0 Å². The zero-order valence-corrected chi connectivity index (χ0v) is 12.6. The van der Waals surface area contributed by atoms with Crippen LogP contribution in [0.15, 0.2) is 35.7 Å². The molecule has 2 aromatic heterocycles. The molecule has 0 unspecified atom stereocenters. The van der Waals surface area contributed by atoms with Gasteiger partial charge in [0.1, 0.15) is 5.82 Å². The number of alkyl halides is 3. The Labute approximate surface area is 132 Å². The molecule has 0 aliphatic rings. The summed E-state index contributed by atoms with van der Waals surface area (Å²) in [6.45, 7) is -0.00394. The number of rotatable bonds is 3. The van der Waals surface area contributed by atoms with E-state index < -0.39 is 11.7 Å². The number of nitrogens with zero attached hydrogens (tertiary/aromatic N) is 2. The van der Waals surface area contributed by atoms with E-state index in [1.165, 1.54) is 23.5 Å². The Kier molecular flexibility index (Phi) is 3.92. The van der Waals surface area contributed by atoms with Gasteiger partial charge >= 0.3 is 6.18 Å². The molecule has 22 heavy (non-hydrogen) atoms. The van der Waals surface area contributed by atoms with E-state index in [2.05, 4.69) is 15.3 Å². The van der Waals surface area contributed by atoms with Gasteiger partial charge in [0, 0.05) is 6.54 Å². The molecule has 0 aliphatic carbocycles. The number of halogens is 4. The number of fused-ring (bicyclic) bond motifs is 1. The molecule has 1 aromatic carbocycles. The maximum absolute atomic E-state index is 13.0. The normalized spacial score (nSPS) is 11.8. The first-order valence-corrected chi connectivity index (χ1v) is 7.50. The van der Waals surface area contributed by atoms with Crippen molar-refractivity contribution in [3.8, 4) is 0 Å². The van der Waals surface area contributed by atoms with Gasteiger partial charge in [-0.2, -0.15) is 18.2 Å². The van der Waals surface area contributed by atoms with E-state index in [-0.39, 0.29) is 17.4 Å². The fraction of sp³-hybridized carbons (Fsp3) is 0.143. The summed E-state index contributed by atoms with van der Waals surface area (Å²) in [7, 11) is 0. The quantitative estimate of drug-likeness (QED) is 0.682. The average molecular weight is 344 g/mol. The summed E-state index contributed by atoms with van der Waals surface area (Å²) in [5.74, 6) is 0.432. The number of benzene rings is 1. The summed E-state index contributed by atoms with van der Waals surface area (Å²) in [6.07, 6.45) is -4.39. The lowest BCUT2D eigenvalue weighted by molar-refractivity contribution is -0.138. The standard InChI is InChI=1S/C14H9ClF3N3S/c15-13-20-10-5-6-22-11(10)12(21-13)19-7-8-3-1-2-4-9(8)14(16,17)18/h1-6H,7H2,(H,19,20,21). The number of nitrogens with one attached hydrogen (secondary N) is 1. The largest absolute Gasteiger partial charge is 0.416 e. The van der Waals surface area contributed by atoms with Gasteiger partial charge in [0.25, 0.3) is 0 Å². The Balaban J connectivity index is 1.91. The van der Waals surface area contributed by atoms with E-state index in [9.17, 15) is 13.2 Å². The Morgan fingerprint density at radius 3 is 2.68 bits per heavy atom. The fourth-order valence-corrected chi connectivity index (χ4v) is 3.06. The number of anilines is 1. The number of aromatic nitrogens is 2. The maximum atomic E-state index is 13.0. The summed E-state index contributed by atoms with van der Waals surface area (Å²) in [4.78, 5) is 8.11. The van der Waals surface area contributed by atoms with E-state index in [0.717, 1.165) is 10.8 Å². The summed E-state index contributed by atoms with van der Waals surface area (Å²) in [5, 5.41) is 4.80. The lowest BCUT2D eigenvalue weighted by atomic mass is 10.1. The fourth-order valence-electron chi connectivity index (χ4n) is 2.08. The molecule has 0 saturated heterocycles. The lowest BCUT2D eigenvalue weighted by Gasteiger charge is -2.13. The summed E-state index contributed by atoms with van der Waals surface area (Å²) < 4.78 is 39.7. The first-order chi connectivity index (χ1) is 10.4. The van der Waals surface area contributed by atoms with Crippen LogP contribution in [0.2, 0.25) is 5.28 Å². The van der Waals surface area contributed by atoms with Crippen molar-refractivity contribution in [2.45, 2.75) is 12.7 Å². The van der Waals surface area contributed by atoms with Crippen LogP contribution in [-0.2, 0) is 12.7 Å². The molecule has 8 heteroatoms. The highest BCUT2D eigenvalue weighted by Crippen LogP contribution is 2.33. The first kappa shape index (κ1) is 15.1. The van der Waals surface area contributed by atoms with Crippen LogP contribution in [0.4, 0.5) is 19.0 Å². The topological polar surface area (TPSA) is 37.8 Å². The second-order valence-electron chi connectivity index (χ2n) is 4.48. The average Bonchev–Trinajstić information content (AvgIpc) is 2.92. The summed E-state index contributed by atoms with van der Waals surface area (Å²) in [6, 6.07) is 7.21. The van der Waals surface area contributed by atoms with Crippen LogP contribution in [0.25, 0.3) is 10.2 Å². The number of hydrogen-bond donors (Lipinski definition) is 1. The van der Waals surface area contributed by atoms with Gasteiger partial charge in [-0.3, -0.25) is 0 Å². The molecule has 0 amide bonds. The van der Waals surface area contributed by atoms with Gasteiger partial charge in [0.05, 0.1) is 15.8 Å². The Bertz CT molecular complexity index is 816. The van der Waals surface area contributed by atoms with Crippen LogP contribution in [0.5, 0.6) is 0 Å². The predicted molar refractivity (Wildman–Crippen MR) is 81.2 cm³/mol. The Morgan fingerprint density at radius 2 is 1.91 bits per heavy atom. The zero-order valence-electron chi connectivity index (χ0n) is 11.0. The highest BCUT2D eigenvalue weighted by atomic mass is 35.5. The third kappa shape index (κ3) is 3.00. The van der Waals surface area contributed by atoms with Crippen molar-refractivity contribution in [1.29, 1.82) is 0 Å². The minimum atomic E-state index is -4.39. The highest BCUT2D eigenvalue weighted by Gasteiger charge is 2.32. The highest BCUT2D eigenvalue weighted by molar-refractivity contribution is 7.17. The van der Waals surface area contributed by atoms with Crippen molar-refractivity contribution < 1.29 is 13.2 Å². The molecule has 0 saturated carbocycles. The van der Waals surface area contributed by atoms with Gasteiger partial charge in [-0.1, -0.05) is 18.2 Å². The molecule has 0 bridgehead atoms. The molecular formula is C14H9ClF3N3S. The van der Waals surface area contributed by atoms with Gasteiger partial charge in [0.15, 0.2) is 0 Å². The first-order valence-electron chi connectivity index (χ1n) is 6.25. The number of hydrogen-bond acceptors (Lipinski definition) is 4. The van der Waals surface area contributed by atoms with Gasteiger partial charge in [0.2, 0.25) is 5.28 Å². The summed E-state index contributed by atoms with van der Waals surface area (Å²) >= 11 is 7.23. The van der Waals surface area contributed by atoms with E-state index in [1.54, 1.807) is 12.1 Å². The molecule has 0 radical (unpaired) electrons. The molecule has 3 aromatic rings. The summed E-state index contributed by atoms with van der Waals surface area (Å²) in [5.41, 5.74) is 0.149. The van der Waals surface area contributed by atoms with Crippen molar-refractivity contribution >= 4 is 39.0 Å². The van der Waals surface area contributed by atoms with Gasteiger partial charge in [-0.05, 0) is 34.7 Å². The minimum Gasteiger partial charge on any atom is -0.365 e. The van der Waals surface area contributed by atoms with Gasteiger partial charge in [-0.25, -0.2) is 4.98 Å². The molecule has 0 spiro atoms. The molecule has 114 valence electrons. The molecule has 0 fully saturated rings. The van der Waals surface area contributed by atoms with Crippen LogP contribution in [0.1, 0.15) is 11.1 Å². The van der Waals surface area contributed by atoms with Crippen molar-refractivity contribution in [2.24, 2.45) is 0 Å². The van der Waals surface area contributed by atoms with Crippen molar-refractivity contribution in [2.75, 3.05) is 5.32 Å². The van der Waals surface area contributed by atoms with Crippen LogP contribution in [0, 0.1) is 0 Å². The second-order valence-corrected chi connectivity index (χ2v) is 5.74. The molecule has 1 N–H and O–H groups in total. The van der Waals surface area contributed by atoms with Gasteiger partial charge in [-0.15, -0.1) is 11.3 Å². The SMILES string of the molecule is FC(F)(F)c1ccccc1CNc1nc(Cl)nc2ccsc12. The van der Waals surface area contributed by atoms with Crippen LogP contribution in [0.3, 0.4) is 0 Å². The Hall–Kier alpha value is -1.86. The lowest BCUT2D eigenvalue weighted by Crippen LogP contribution is -2.12. The molecule has 0 atom stereocenters. The molecule has 0 aliphatic heterocycles. The predicted octanol–water partition coefficient (Wildman–Crippen LogP) is 4.98. The smallest absolute Gasteiger partial charge is 0.365 e.